The van der Waals surface area contributed by atoms with Gasteiger partial charge >= 0.3 is 6.18 Å². The number of ketones is 1. The Bertz CT molecular complexity index is 1080. The summed E-state index contributed by atoms with van der Waals surface area (Å²) in [7, 11) is 0. The lowest BCUT2D eigenvalue weighted by Crippen LogP contribution is -2.23. The fraction of sp³-hybridized carbons (Fsp3) is 0.0870. The summed E-state index contributed by atoms with van der Waals surface area (Å²) >= 11 is 0. The van der Waals surface area contributed by atoms with Crippen LogP contribution in [0.5, 0.6) is 11.5 Å². The van der Waals surface area contributed by atoms with Gasteiger partial charge < -0.3 is 9.84 Å². The van der Waals surface area contributed by atoms with Crippen molar-refractivity contribution in [3.05, 3.63) is 101 Å². The zero-order valence-electron chi connectivity index (χ0n) is 15.0. The number of benzene rings is 3. The number of alkyl halides is 3. The highest BCUT2D eigenvalue weighted by molar-refractivity contribution is 6.14. The zero-order valence-corrected chi connectivity index (χ0v) is 15.0. The van der Waals surface area contributed by atoms with E-state index in [9.17, 15) is 23.1 Å². The van der Waals surface area contributed by atoms with Gasteiger partial charge in [-0.2, -0.15) is 13.2 Å². The first-order valence-corrected chi connectivity index (χ1v) is 8.81. The van der Waals surface area contributed by atoms with Crippen molar-refractivity contribution in [3.8, 4) is 11.5 Å². The number of phenolic OH excluding ortho intramolecular Hbond substituents is 1. The topological polar surface area (TPSA) is 46.5 Å². The van der Waals surface area contributed by atoms with Crippen molar-refractivity contribution in [2.45, 2.75) is 12.3 Å². The molecule has 6 heteroatoms. The zero-order chi connectivity index (χ0) is 20.6. The average molecular weight is 396 g/mol. The molecule has 0 spiro atoms. The molecule has 0 amide bonds. The number of Topliss-reactive ketones (excluding diaryl/α,β-unsaturated/α-hetero) is 1. The van der Waals surface area contributed by atoms with E-state index in [0.717, 1.165) is 17.7 Å². The smallest absolute Gasteiger partial charge is 0.416 e. The van der Waals surface area contributed by atoms with E-state index in [1.54, 1.807) is 0 Å². The molecule has 146 valence electrons. The molecule has 3 aromatic rings. The number of halogens is 3. The van der Waals surface area contributed by atoms with Crippen LogP contribution in [0.4, 0.5) is 13.2 Å². The summed E-state index contributed by atoms with van der Waals surface area (Å²) in [5.41, 5.74) is 0.886. The minimum Gasteiger partial charge on any atom is -0.508 e. The highest BCUT2D eigenvalue weighted by Gasteiger charge is 2.33. The van der Waals surface area contributed by atoms with E-state index in [0.29, 0.717) is 11.3 Å². The van der Waals surface area contributed by atoms with Gasteiger partial charge in [0.15, 0.2) is 11.9 Å². The number of phenols is 1. The molecule has 0 radical (unpaired) electrons. The van der Waals surface area contributed by atoms with Gasteiger partial charge in [-0.15, -0.1) is 0 Å². The second-order valence-corrected chi connectivity index (χ2v) is 6.64. The van der Waals surface area contributed by atoms with Crippen LogP contribution in [-0.2, 0) is 6.18 Å². The third-order valence-corrected chi connectivity index (χ3v) is 4.66. The molecule has 1 N–H and O–H groups in total. The highest BCUT2D eigenvalue weighted by Crippen LogP contribution is 2.40. The highest BCUT2D eigenvalue weighted by atomic mass is 19.4. The fourth-order valence-electron chi connectivity index (χ4n) is 3.23. The Morgan fingerprint density at radius 1 is 0.931 bits per heavy atom. The molecule has 3 aromatic carbocycles. The first kappa shape index (κ1) is 18.8. The van der Waals surface area contributed by atoms with Crippen molar-refractivity contribution in [1.29, 1.82) is 0 Å². The minimum atomic E-state index is -4.43. The Morgan fingerprint density at radius 2 is 1.62 bits per heavy atom. The van der Waals surface area contributed by atoms with Crippen LogP contribution in [0.1, 0.15) is 33.2 Å². The maximum Gasteiger partial charge on any atom is 0.416 e. The molecule has 0 saturated carbocycles. The lowest BCUT2D eigenvalue weighted by molar-refractivity contribution is -0.137. The Kier molecular flexibility index (Phi) is 4.62. The van der Waals surface area contributed by atoms with Crippen molar-refractivity contribution in [2.75, 3.05) is 0 Å². The van der Waals surface area contributed by atoms with Crippen LogP contribution in [-0.4, -0.2) is 10.9 Å². The van der Waals surface area contributed by atoms with Crippen molar-refractivity contribution >= 4 is 11.9 Å². The number of hydrogen-bond donors (Lipinski definition) is 1. The average Bonchev–Trinajstić information content (AvgIpc) is 2.71. The molecule has 1 unspecified atom stereocenters. The Labute approximate surface area is 164 Å². The largest absolute Gasteiger partial charge is 0.508 e. The Morgan fingerprint density at radius 3 is 2.28 bits per heavy atom. The van der Waals surface area contributed by atoms with E-state index in [1.165, 1.54) is 36.4 Å². The van der Waals surface area contributed by atoms with Gasteiger partial charge in [0.1, 0.15) is 11.5 Å². The Balaban J connectivity index is 1.81. The molecular weight excluding hydrogens is 381 g/mol. The SMILES string of the molecule is O=C1C(=Cc2ccc(C(F)(F)F)cc2)C(c2ccccc2)Oc2ccc(O)cc21. The number of ether oxygens (including phenoxy) is 1. The number of hydrogen-bond acceptors (Lipinski definition) is 3. The molecule has 0 aromatic heterocycles. The maximum atomic E-state index is 13.1. The molecule has 1 atom stereocenters. The first-order chi connectivity index (χ1) is 13.8. The van der Waals surface area contributed by atoms with Crippen LogP contribution in [0, 0.1) is 0 Å². The van der Waals surface area contributed by atoms with E-state index in [1.807, 2.05) is 30.3 Å². The number of aromatic hydroxyl groups is 1. The minimum absolute atomic E-state index is 0.0762. The van der Waals surface area contributed by atoms with Gasteiger partial charge in [0.05, 0.1) is 11.1 Å². The molecule has 1 heterocycles. The predicted molar refractivity (Wildman–Crippen MR) is 102 cm³/mol. The summed E-state index contributed by atoms with van der Waals surface area (Å²) in [4.78, 5) is 13.1. The van der Waals surface area contributed by atoms with E-state index in [4.69, 9.17) is 4.74 Å². The normalized spacial score (nSPS) is 17.7. The van der Waals surface area contributed by atoms with Crippen molar-refractivity contribution in [2.24, 2.45) is 0 Å². The molecule has 0 fully saturated rings. The van der Waals surface area contributed by atoms with Gasteiger partial charge in [-0.3, -0.25) is 4.79 Å². The van der Waals surface area contributed by atoms with Gasteiger partial charge in [0, 0.05) is 5.57 Å². The molecule has 1 aliphatic rings. The van der Waals surface area contributed by atoms with Gasteiger partial charge in [0.25, 0.3) is 0 Å². The first-order valence-electron chi connectivity index (χ1n) is 8.81. The van der Waals surface area contributed by atoms with Crippen LogP contribution in [0.25, 0.3) is 6.08 Å². The predicted octanol–water partition coefficient (Wildman–Crippen LogP) is 5.81. The fourth-order valence-corrected chi connectivity index (χ4v) is 3.23. The van der Waals surface area contributed by atoms with E-state index in [-0.39, 0.29) is 22.7 Å². The molecule has 0 bridgehead atoms. The molecular formula is C23H15F3O3. The van der Waals surface area contributed by atoms with Crippen LogP contribution in [0.2, 0.25) is 0 Å². The quantitative estimate of drug-likeness (QED) is 0.556. The van der Waals surface area contributed by atoms with Crippen LogP contribution < -0.4 is 4.74 Å². The third kappa shape index (κ3) is 3.74. The number of fused-ring (bicyclic) bond motifs is 1. The molecule has 3 nitrogen and oxygen atoms in total. The van der Waals surface area contributed by atoms with Crippen molar-refractivity contribution in [3.63, 3.8) is 0 Å². The van der Waals surface area contributed by atoms with E-state index >= 15 is 0 Å². The summed E-state index contributed by atoms with van der Waals surface area (Å²) in [6, 6.07) is 17.9. The lowest BCUT2D eigenvalue weighted by Gasteiger charge is -2.28. The van der Waals surface area contributed by atoms with Crippen LogP contribution in [0.15, 0.2) is 78.4 Å². The molecule has 1 aliphatic heterocycles. The second kappa shape index (κ2) is 7.13. The van der Waals surface area contributed by atoms with Crippen LogP contribution in [0.3, 0.4) is 0 Å². The molecule has 4 rings (SSSR count). The van der Waals surface area contributed by atoms with E-state index < -0.39 is 17.8 Å². The molecule has 0 aliphatic carbocycles. The number of carbonyl (C=O) groups is 1. The summed E-state index contributed by atoms with van der Waals surface area (Å²) in [6.07, 6.45) is -3.63. The van der Waals surface area contributed by atoms with Gasteiger partial charge in [0.2, 0.25) is 0 Å². The second-order valence-electron chi connectivity index (χ2n) is 6.64. The summed E-state index contributed by atoms with van der Waals surface area (Å²) in [5, 5.41) is 9.74. The monoisotopic (exact) mass is 396 g/mol. The van der Waals surface area contributed by atoms with Crippen LogP contribution >= 0.6 is 0 Å². The van der Waals surface area contributed by atoms with Gasteiger partial charge in [-0.25, -0.2) is 0 Å². The van der Waals surface area contributed by atoms with Gasteiger partial charge in [-0.05, 0) is 47.5 Å². The van der Waals surface area contributed by atoms with Crippen molar-refractivity contribution in [1.82, 2.24) is 0 Å². The summed E-state index contributed by atoms with van der Waals surface area (Å²) in [6.45, 7) is 0. The lowest BCUT2D eigenvalue weighted by atomic mass is 9.89. The standard InChI is InChI=1S/C23H15F3O3/c24-23(25,26)16-8-6-14(7-9-16)12-19-21(28)18-13-17(27)10-11-20(18)29-22(19)15-4-2-1-3-5-15/h1-13,22,27H. The molecule has 29 heavy (non-hydrogen) atoms. The molecule has 0 saturated heterocycles. The number of carbonyl (C=O) groups excluding carboxylic acids is 1. The summed E-state index contributed by atoms with van der Waals surface area (Å²) in [5.74, 6) is -0.0881. The van der Waals surface area contributed by atoms with E-state index in [2.05, 4.69) is 0 Å². The van der Waals surface area contributed by atoms with Crippen molar-refractivity contribution < 1.29 is 27.8 Å². The maximum absolute atomic E-state index is 13.1. The summed E-state index contributed by atoms with van der Waals surface area (Å²) < 4.78 is 44.5. The Hall–Kier alpha value is -3.54. The third-order valence-electron chi connectivity index (χ3n) is 4.66. The number of rotatable bonds is 2. The van der Waals surface area contributed by atoms with Gasteiger partial charge in [-0.1, -0.05) is 42.5 Å².